The van der Waals surface area contributed by atoms with Gasteiger partial charge in [-0.3, -0.25) is 14.7 Å². The van der Waals surface area contributed by atoms with E-state index in [0.717, 1.165) is 37.5 Å². The molecule has 5 nitrogen and oxygen atoms in total. The van der Waals surface area contributed by atoms with E-state index in [4.69, 9.17) is 4.74 Å². The SMILES string of the molecule is C=CCOc1ccccc1CN1CCc2ccc(NC(=O)c3ccncc3)cc2C1. The predicted octanol–water partition coefficient (Wildman–Crippen LogP) is 4.46. The summed E-state index contributed by atoms with van der Waals surface area (Å²) >= 11 is 0. The number of hydrogen-bond acceptors (Lipinski definition) is 4. The molecule has 5 heteroatoms. The Labute approximate surface area is 177 Å². The van der Waals surface area contributed by atoms with Gasteiger partial charge in [0.25, 0.3) is 5.91 Å². The molecule has 152 valence electrons. The standard InChI is InChI=1S/C25H25N3O2/c1-2-15-30-24-6-4-3-5-21(24)17-28-14-11-19-7-8-23(16-22(19)18-28)27-25(29)20-9-12-26-13-10-20/h2-10,12-13,16H,1,11,14-15,17-18H2,(H,27,29). The summed E-state index contributed by atoms with van der Waals surface area (Å²) in [7, 11) is 0. The first-order chi connectivity index (χ1) is 14.7. The lowest BCUT2D eigenvalue weighted by atomic mass is 9.98. The van der Waals surface area contributed by atoms with E-state index in [9.17, 15) is 4.79 Å². The molecular formula is C25H25N3O2. The van der Waals surface area contributed by atoms with Crippen molar-refractivity contribution in [1.29, 1.82) is 0 Å². The molecule has 0 atom stereocenters. The zero-order chi connectivity index (χ0) is 20.8. The molecule has 30 heavy (non-hydrogen) atoms. The van der Waals surface area contributed by atoms with Crippen LogP contribution in [0, 0.1) is 0 Å². The predicted molar refractivity (Wildman–Crippen MR) is 119 cm³/mol. The summed E-state index contributed by atoms with van der Waals surface area (Å²) in [5.74, 6) is 0.778. The highest BCUT2D eigenvalue weighted by atomic mass is 16.5. The highest BCUT2D eigenvalue weighted by molar-refractivity contribution is 6.04. The van der Waals surface area contributed by atoms with Crippen LogP contribution in [-0.2, 0) is 19.5 Å². The Hall–Kier alpha value is -3.44. The number of para-hydroxylation sites is 1. The van der Waals surface area contributed by atoms with E-state index in [2.05, 4.69) is 40.0 Å². The second-order valence-electron chi connectivity index (χ2n) is 7.34. The minimum absolute atomic E-state index is 0.127. The van der Waals surface area contributed by atoms with Crippen molar-refractivity contribution in [3.8, 4) is 5.75 Å². The van der Waals surface area contributed by atoms with Crippen LogP contribution in [-0.4, -0.2) is 28.9 Å². The lowest BCUT2D eigenvalue weighted by molar-refractivity contribution is 0.102. The van der Waals surface area contributed by atoms with E-state index in [1.807, 2.05) is 24.3 Å². The van der Waals surface area contributed by atoms with Crippen LogP contribution in [0.3, 0.4) is 0 Å². The van der Waals surface area contributed by atoms with Crippen LogP contribution in [0.4, 0.5) is 5.69 Å². The van der Waals surface area contributed by atoms with Gasteiger partial charge >= 0.3 is 0 Å². The summed E-state index contributed by atoms with van der Waals surface area (Å²) < 4.78 is 5.81. The van der Waals surface area contributed by atoms with Gasteiger partial charge in [0.2, 0.25) is 0 Å². The lowest BCUT2D eigenvalue weighted by Crippen LogP contribution is -2.30. The van der Waals surface area contributed by atoms with E-state index < -0.39 is 0 Å². The molecule has 1 aromatic heterocycles. The third kappa shape index (κ3) is 4.75. The maximum absolute atomic E-state index is 12.4. The zero-order valence-electron chi connectivity index (χ0n) is 16.9. The minimum atomic E-state index is -0.127. The number of amides is 1. The van der Waals surface area contributed by atoms with Gasteiger partial charge in [-0.25, -0.2) is 0 Å². The van der Waals surface area contributed by atoms with Gasteiger partial charge in [-0.1, -0.05) is 36.9 Å². The molecule has 0 aliphatic carbocycles. The molecule has 0 radical (unpaired) electrons. The Bertz CT molecular complexity index is 1030. The van der Waals surface area contributed by atoms with Crippen LogP contribution in [0.1, 0.15) is 27.0 Å². The van der Waals surface area contributed by atoms with Crippen molar-refractivity contribution in [3.63, 3.8) is 0 Å². The lowest BCUT2D eigenvalue weighted by Gasteiger charge is -2.29. The van der Waals surface area contributed by atoms with E-state index in [0.29, 0.717) is 12.2 Å². The van der Waals surface area contributed by atoms with E-state index in [1.54, 1.807) is 30.6 Å². The van der Waals surface area contributed by atoms with Crippen molar-refractivity contribution in [3.05, 3.63) is 102 Å². The van der Waals surface area contributed by atoms with Crippen molar-refractivity contribution >= 4 is 11.6 Å². The fraction of sp³-hybridized carbons (Fsp3) is 0.200. The van der Waals surface area contributed by atoms with Crippen LogP contribution in [0.5, 0.6) is 5.75 Å². The molecule has 0 fully saturated rings. The number of pyridine rings is 1. The number of fused-ring (bicyclic) bond motifs is 1. The number of benzene rings is 2. The maximum atomic E-state index is 12.4. The van der Waals surface area contributed by atoms with Crippen LogP contribution in [0.2, 0.25) is 0 Å². The first-order valence-electron chi connectivity index (χ1n) is 10.1. The van der Waals surface area contributed by atoms with Crippen LogP contribution >= 0.6 is 0 Å². The summed E-state index contributed by atoms with van der Waals surface area (Å²) in [6.07, 6.45) is 5.99. The van der Waals surface area contributed by atoms with Crippen molar-refractivity contribution in [2.45, 2.75) is 19.5 Å². The fourth-order valence-electron chi connectivity index (χ4n) is 3.70. The topological polar surface area (TPSA) is 54.5 Å². The molecule has 4 rings (SSSR count). The van der Waals surface area contributed by atoms with Crippen molar-refractivity contribution < 1.29 is 9.53 Å². The molecule has 0 unspecified atom stereocenters. The van der Waals surface area contributed by atoms with Gasteiger partial charge in [0.15, 0.2) is 0 Å². The Kier molecular flexibility index (Phi) is 6.20. The first kappa shape index (κ1) is 19.9. The quantitative estimate of drug-likeness (QED) is 0.596. The van der Waals surface area contributed by atoms with E-state index >= 15 is 0 Å². The van der Waals surface area contributed by atoms with Gasteiger partial charge in [0, 0.05) is 48.8 Å². The average Bonchev–Trinajstić information content (AvgIpc) is 2.79. The number of ether oxygens (including phenoxy) is 1. The summed E-state index contributed by atoms with van der Waals surface area (Å²) in [4.78, 5) is 18.8. The number of anilines is 1. The summed E-state index contributed by atoms with van der Waals surface area (Å²) in [5, 5.41) is 2.99. The van der Waals surface area contributed by atoms with Gasteiger partial charge in [-0.05, 0) is 47.9 Å². The molecule has 2 aromatic carbocycles. The highest BCUT2D eigenvalue weighted by Crippen LogP contribution is 2.26. The van der Waals surface area contributed by atoms with Crippen LogP contribution in [0.25, 0.3) is 0 Å². The Morgan fingerprint density at radius 2 is 1.97 bits per heavy atom. The van der Waals surface area contributed by atoms with Crippen molar-refractivity contribution in [2.24, 2.45) is 0 Å². The number of carbonyl (C=O) groups is 1. The number of nitrogens with zero attached hydrogens (tertiary/aromatic N) is 2. The minimum Gasteiger partial charge on any atom is -0.489 e. The number of hydrogen-bond donors (Lipinski definition) is 1. The number of nitrogens with one attached hydrogen (secondary N) is 1. The number of rotatable bonds is 7. The van der Waals surface area contributed by atoms with Gasteiger partial charge in [-0.15, -0.1) is 0 Å². The van der Waals surface area contributed by atoms with Crippen LogP contribution < -0.4 is 10.1 Å². The number of aromatic nitrogens is 1. The number of carbonyl (C=O) groups excluding carboxylic acids is 1. The second kappa shape index (κ2) is 9.37. The van der Waals surface area contributed by atoms with Gasteiger partial charge in [-0.2, -0.15) is 0 Å². The molecule has 3 aromatic rings. The molecule has 0 saturated heterocycles. The molecule has 0 saturated carbocycles. The molecule has 1 aliphatic rings. The van der Waals surface area contributed by atoms with Crippen LogP contribution in [0.15, 0.2) is 79.6 Å². The highest BCUT2D eigenvalue weighted by Gasteiger charge is 2.18. The normalized spacial score (nSPS) is 13.3. The van der Waals surface area contributed by atoms with Crippen molar-refractivity contribution in [2.75, 3.05) is 18.5 Å². The molecule has 1 aliphatic heterocycles. The van der Waals surface area contributed by atoms with Gasteiger partial charge < -0.3 is 10.1 Å². The van der Waals surface area contributed by atoms with Gasteiger partial charge in [0.1, 0.15) is 12.4 Å². The first-order valence-corrected chi connectivity index (χ1v) is 10.1. The van der Waals surface area contributed by atoms with Gasteiger partial charge in [0.05, 0.1) is 0 Å². The molecule has 1 N–H and O–H groups in total. The Morgan fingerprint density at radius 1 is 1.13 bits per heavy atom. The Morgan fingerprint density at radius 3 is 2.80 bits per heavy atom. The molecule has 0 spiro atoms. The fourth-order valence-corrected chi connectivity index (χ4v) is 3.70. The second-order valence-corrected chi connectivity index (χ2v) is 7.34. The molecule has 2 heterocycles. The largest absolute Gasteiger partial charge is 0.489 e. The third-order valence-electron chi connectivity index (χ3n) is 5.22. The monoisotopic (exact) mass is 399 g/mol. The zero-order valence-corrected chi connectivity index (χ0v) is 16.9. The smallest absolute Gasteiger partial charge is 0.255 e. The van der Waals surface area contributed by atoms with E-state index in [1.165, 1.54) is 16.7 Å². The molecule has 0 bridgehead atoms. The van der Waals surface area contributed by atoms with E-state index in [-0.39, 0.29) is 5.91 Å². The average molecular weight is 399 g/mol. The maximum Gasteiger partial charge on any atom is 0.255 e. The molecule has 1 amide bonds. The molecular weight excluding hydrogens is 374 g/mol. The Balaban J connectivity index is 1.45. The third-order valence-corrected chi connectivity index (χ3v) is 5.22. The van der Waals surface area contributed by atoms with Crippen molar-refractivity contribution in [1.82, 2.24) is 9.88 Å². The summed E-state index contributed by atoms with van der Waals surface area (Å²) in [5.41, 5.74) is 5.17. The summed E-state index contributed by atoms with van der Waals surface area (Å²) in [6.45, 7) is 6.87. The summed E-state index contributed by atoms with van der Waals surface area (Å²) in [6, 6.07) is 17.8.